The summed E-state index contributed by atoms with van der Waals surface area (Å²) >= 11 is 9.84. The molecule has 1 fully saturated rings. The standard InChI is InChI=1S/C32H37BrClN3O5S/c1-3-30(32(39)35-25-10-6-7-11-25)36(21-23-9-5-8-12-29(23)34)31(38)22-37(26-15-17-27(18-16-26)42-4-2)43(40,41)28-19-13-24(33)14-20-28/h5,8-9,12-20,25,30H,3-4,6-7,10-11,21-22H2,1-2H3,(H,35,39)/t30-/m0/s1. The van der Waals surface area contributed by atoms with Gasteiger partial charge in [-0.3, -0.25) is 13.9 Å². The van der Waals surface area contributed by atoms with Gasteiger partial charge < -0.3 is 15.0 Å². The first-order valence-electron chi connectivity index (χ1n) is 14.5. The van der Waals surface area contributed by atoms with Crippen LogP contribution in [-0.2, 0) is 26.2 Å². The van der Waals surface area contributed by atoms with Crippen molar-refractivity contribution < 1.29 is 22.7 Å². The van der Waals surface area contributed by atoms with E-state index in [-0.39, 0.29) is 23.4 Å². The summed E-state index contributed by atoms with van der Waals surface area (Å²) in [4.78, 5) is 29.3. The first-order valence-corrected chi connectivity index (χ1v) is 17.1. The van der Waals surface area contributed by atoms with Crippen molar-refractivity contribution in [2.75, 3.05) is 17.5 Å². The molecule has 1 aliphatic carbocycles. The van der Waals surface area contributed by atoms with Crippen molar-refractivity contribution in [1.82, 2.24) is 10.2 Å². The molecule has 1 aliphatic rings. The fourth-order valence-electron chi connectivity index (χ4n) is 5.23. The van der Waals surface area contributed by atoms with Gasteiger partial charge in [0.1, 0.15) is 18.3 Å². The molecular formula is C32H37BrClN3O5S. The van der Waals surface area contributed by atoms with Gasteiger partial charge in [0.15, 0.2) is 0 Å². The summed E-state index contributed by atoms with van der Waals surface area (Å²) in [7, 11) is -4.18. The van der Waals surface area contributed by atoms with Crippen molar-refractivity contribution in [3.8, 4) is 5.75 Å². The van der Waals surface area contributed by atoms with Crippen LogP contribution in [0, 0.1) is 0 Å². The van der Waals surface area contributed by atoms with E-state index < -0.39 is 28.5 Å². The van der Waals surface area contributed by atoms with E-state index in [4.69, 9.17) is 16.3 Å². The molecule has 0 radical (unpaired) electrons. The number of sulfonamides is 1. The zero-order valence-corrected chi connectivity index (χ0v) is 27.5. The van der Waals surface area contributed by atoms with E-state index in [1.807, 2.05) is 19.9 Å². The Balaban J connectivity index is 1.72. The summed E-state index contributed by atoms with van der Waals surface area (Å²) in [6.45, 7) is 3.68. The largest absolute Gasteiger partial charge is 0.494 e. The van der Waals surface area contributed by atoms with Gasteiger partial charge in [-0.15, -0.1) is 0 Å². The summed E-state index contributed by atoms with van der Waals surface area (Å²) in [5.41, 5.74) is 0.953. The minimum absolute atomic E-state index is 0.0288. The van der Waals surface area contributed by atoms with Crippen LogP contribution < -0.4 is 14.4 Å². The lowest BCUT2D eigenvalue weighted by atomic mass is 10.1. The third kappa shape index (κ3) is 8.31. The van der Waals surface area contributed by atoms with Crippen molar-refractivity contribution in [2.24, 2.45) is 0 Å². The van der Waals surface area contributed by atoms with Gasteiger partial charge in [0.25, 0.3) is 10.0 Å². The van der Waals surface area contributed by atoms with Crippen LogP contribution in [0.3, 0.4) is 0 Å². The summed E-state index contributed by atoms with van der Waals surface area (Å²) in [5.74, 6) is -0.199. The Morgan fingerprint density at radius 2 is 1.65 bits per heavy atom. The van der Waals surface area contributed by atoms with Crippen molar-refractivity contribution in [1.29, 1.82) is 0 Å². The number of rotatable bonds is 13. The molecule has 2 amide bonds. The highest BCUT2D eigenvalue weighted by molar-refractivity contribution is 9.10. The van der Waals surface area contributed by atoms with Crippen LogP contribution in [-0.4, -0.2) is 50.4 Å². The van der Waals surface area contributed by atoms with Gasteiger partial charge in [0.05, 0.1) is 17.2 Å². The molecule has 43 heavy (non-hydrogen) atoms. The van der Waals surface area contributed by atoms with E-state index in [1.54, 1.807) is 54.6 Å². The Hall–Kier alpha value is -3.08. The maximum absolute atomic E-state index is 14.3. The number of ether oxygens (including phenoxy) is 1. The zero-order valence-electron chi connectivity index (χ0n) is 24.3. The van der Waals surface area contributed by atoms with E-state index in [2.05, 4.69) is 21.2 Å². The number of anilines is 1. The molecule has 1 atom stereocenters. The number of carbonyl (C=O) groups excluding carboxylic acids is 2. The number of amides is 2. The Labute approximate surface area is 267 Å². The third-order valence-corrected chi connectivity index (χ3v) is 10.2. The first-order chi connectivity index (χ1) is 20.6. The molecule has 0 saturated heterocycles. The van der Waals surface area contributed by atoms with Crippen molar-refractivity contribution in [3.63, 3.8) is 0 Å². The minimum atomic E-state index is -4.18. The van der Waals surface area contributed by atoms with Crippen LogP contribution in [0.5, 0.6) is 5.75 Å². The van der Waals surface area contributed by atoms with Gasteiger partial charge in [-0.2, -0.15) is 0 Å². The topological polar surface area (TPSA) is 96.0 Å². The summed E-state index contributed by atoms with van der Waals surface area (Å²) in [6, 6.07) is 19.2. The molecule has 11 heteroatoms. The van der Waals surface area contributed by atoms with Crippen LogP contribution in [0.25, 0.3) is 0 Å². The molecule has 0 aromatic heterocycles. The molecular weight excluding hydrogens is 654 g/mol. The molecule has 0 heterocycles. The Morgan fingerprint density at radius 1 is 1.00 bits per heavy atom. The van der Waals surface area contributed by atoms with Gasteiger partial charge in [-0.05, 0) is 86.3 Å². The molecule has 0 aliphatic heterocycles. The van der Waals surface area contributed by atoms with Crippen LogP contribution >= 0.6 is 27.5 Å². The molecule has 3 aromatic carbocycles. The van der Waals surface area contributed by atoms with Gasteiger partial charge in [0.2, 0.25) is 11.8 Å². The van der Waals surface area contributed by atoms with Crippen LogP contribution in [0.1, 0.15) is 51.5 Å². The number of hydrogen-bond acceptors (Lipinski definition) is 5. The molecule has 3 aromatic rings. The predicted octanol–water partition coefficient (Wildman–Crippen LogP) is 6.56. The van der Waals surface area contributed by atoms with E-state index >= 15 is 0 Å². The van der Waals surface area contributed by atoms with Gasteiger partial charge >= 0.3 is 0 Å². The number of carbonyl (C=O) groups is 2. The van der Waals surface area contributed by atoms with Crippen molar-refractivity contribution in [2.45, 2.75) is 69.5 Å². The molecule has 4 rings (SSSR count). The minimum Gasteiger partial charge on any atom is -0.494 e. The fourth-order valence-corrected chi connectivity index (χ4v) is 7.11. The average molecular weight is 691 g/mol. The highest BCUT2D eigenvalue weighted by Crippen LogP contribution is 2.28. The van der Waals surface area contributed by atoms with E-state index in [0.29, 0.717) is 35.1 Å². The number of benzene rings is 3. The zero-order chi connectivity index (χ0) is 31.0. The second-order valence-corrected chi connectivity index (χ2v) is 13.6. The molecule has 230 valence electrons. The molecule has 0 spiro atoms. The smallest absolute Gasteiger partial charge is 0.264 e. The molecule has 0 unspecified atom stereocenters. The van der Waals surface area contributed by atoms with Crippen molar-refractivity contribution >= 4 is 55.1 Å². The number of nitrogens with zero attached hydrogens (tertiary/aromatic N) is 2. The van der Waals surface area contributed by atoms with Crippen LogP contribution in [0.15, 0.2) is 82.2 Å². The third-order valence-electron chi connectivity index (χ3n) is 7.50. The van der Waals surface area contributed by atoms with Crippen molar-refractivity contribution in [3.05, 3.63) is 87.9 Å². The lowest BCUT2D eigenvalue weighted by molar-refractivity contribution is -0.140. The SMILES string of the molecule is CCOc1ccc(N(CC(=O)N(Cc2ccccc2Cl)[C@@H](CC)C(=O)NC2CCCC2)S(=O)(=O)c2ccc(Br)cc2)cc1. The fraction of sp³-hybridized carbons (Fsp3) is 0.375. The van der Waals surface area contributed by atoms with E-state index in [0.717, 1.165) is 34.5 Å². The van der Waals surface area contributed by atoms with Gasteiger partial charge in [-0.1, -0.05) is 65.5 Å². The van der Waals surface area contributed by atoms with E-state index in [1.165, 1.54) is 17.0 Å². The summed E-state index contributed by atoms with van der Waals surface area (Å²) in [6.07, 6.45) is 4.25. The highest BCUT2D eigenvalue weighted by atomic mass is 79.9. The lowest BCUT2D eigenvalue weighted by Gasteiger charge is -2.34. The number of nitrogens with one attached hydrogen (secondary N) is 1. The maximum Gasteiger partial charge on any atom is 0.264 e. The Kier molecular flexibility index (Phi) is 11.5. The quantitative estimate of drug-likeness (QED) is 0.219. The molecule has 8 nitrogen and oxygen atoms in total. The van der Waals surface area contributed by atoms with Crippen LogP contribution in [0.2, 0.25) is 5.02 Å². The molecule has 1 saturated carbocycles. The summed E-state index contributed by atoms with van der Waals surface area (Å²) < 4.78 is 35.4. The normalized spacial score (nSPS) is 14.2. The second-order valence-electron chi connectivity index (χ2n) is 10.4. The Morgan fingerprint density at radius 3 is 2.26 bits per heavy atom. The second kappa shape index (κ2) is 15.1. The molecule has 1 N–H and O–H groups in total. The van der Waals surface area contributed by atoms with Gasteiger partial charge in [-0.25, -0.2) is 8.42 Å². The maximum atomic E-state index is 14.3. The average Bonchev–Trinajstić information content (AvgIpc) is 3.50. The number of halogens is 2. The molecule has 0 bridgehead atoms. The lowest BCUT2D eigenvalue weighted by Crippen LogP contribution is -2.53. The first kappa shape index (κ1) is 32.8. The monoisotopic (exact) mass is 689 g/mol. The van der Waals surface area contributed by atoms with Gasteiger partial charge in [0, 0.05) is 22.1 Å². The Bertz CT molecular complexity index is 1500. The summed E-state index contributed by atoms with van der Waals surface area (Å²) in [5, 5.41) is 3.57. The predicted molar refractivity (Wildman–Crippen MR) is 173 cm³/mol. The van der Waals surface area contributed by atoms with Crippen LogP contribution in [0.4, 0.5) is 5.69 Å². The van der Waals surface area contributed by atoms with E-state index in [9.17, 15) is 18.0 Å². The highest BCUT2D eigenvalue weighted by Gasteiger charge is 2.34. The number of hydrogen-bond donors (Lipinski definition) is 1.